The van der Waals surface area contributed by atoms with Crippen molar-refractivity contribution in [2.45, 2.75) is 13.3 Å². The predicted octanol–water partition coefficient (Wildman–Crippen LogP) is 2.00. The van der Waals surface area contributed by atoms with Crippen LogP contribution in [0.5, 0.6) is 0 Å². The van der Waals surface area contributed by atoms with Gasteiger partial charge in [0.2, 0.25) is 0 Å². The number of amidine groups is 1. The van der Waals surface area contributed by atoms with Gasteiger partial charge in [0, 0.05) is 0 Å². The molecule has 7 heteroatoms. The molecule has 1 aromatic rings. The second-order valence-corrected chi connectivity index (χ2v) is 3.65. The molecule has 0 aromatic heterocycles. The number of nitrogens with one attached hydrogen (secondary N) is 2. The van der Waals surface area contributed by atoms with Crippen LogP contribution in [0.4, 0.5) is 5.69 Å². The van der Waals surface area contributed by atoms with Gasteiger partial charge < -0.3 is 4.74 Å². The molecule has 0 amide bonds. The van der Waals surface area contributed by atoms with Gasteiger partial charge in [0.25, 0.3) is 0 Å². The lowest BCUT2D eigenvalue weighted by Crippen LogP contribution is -2.24. The molecule has 0 saturated carbocycles. The Morgan fingerprint density at radius 1 is 1.50 bits per heavy atom. The highest BCUT2D eigenvalue weighted by molar-refractivity contribution is 6.33. The van der Waals surface area contributed by atoms with Gasteiger partial charge >= 0.3 is 5.97 Å². The van der Waals surface area contributed by atoms with E-state index in [1.807, 2.05) is 5.48 Å². The highest BCUT2D eigenvalue weighted by atomic mass is 35.5. The molecular weight excluding hydrogens is 258 g/mol. The number of hydrogen-bond acceptors (Lipinski definition) is 5. The summed E-state index contributed by atoms with van der Waals surface area (Å²) in [4.78, 5) is 11.2. The van der Waals surface area contributed by atoms with E-state index in [1.165, 1.54) is 0 Å². The molecule has 0 radical (unpaired) electrons. The summed E-state index contributed by atoms with van der Waals surface area (Å²) >= 11 is 5.90. The van der Waals surface area contributed by atoms with Gasteiger partial charge in [-0.05, 0) is 19.1 Å². The fraction of sp³-hybridized carbons (Fsp3) is 0.273. The van der Waals surface area contributed by atoms with Crippen molar-refractivity contribution in [2.24, 2.45) is 5.10 Å². The molecule has 0 aliphatic rings. The van der Waals surface area contributed by atoms with Crippen molar-refractivity contribution in [1.82, 2.24) is 5.48 Å². The molecule has 1 aromatic carbocycles. The van der Waals surface area contributed by atoms with E-state index in [0.717, 1.165) is 0 Å². The molecule has 0 spiro atoms. The average Bonchev–Trinajstić information content (AvgIpc) is 2.36. The van der Waals surface area contributed by atoms with E-state index in [4.69, 9.17) is 21.5 Å². The molecule has 0 saturated heterocycles. The van der Waals surface area contributed by atoms with Crippen LogP contribution in [0, 0.1) is 0 Å². The van der Waals surface area contributed by atoms with Gasteiger partial charge in [-0.15, -0.1) is 0 Å². The minimum Gasteiger partial charge on any atom is -0.466 e. The van der Waals surface area contributed by atoms with E-state index in [9.17, 15) is 4.79 Å². The van der Waals surface area contributed by atoms with Crippen LogP contribution in [0.3, 0.4) is 0 Å². The van der Waals surface area contributed by atoms with Crippen LogP contribution in [0.2, 0.25) is 5.02 Å². The first-order chi connectivity index (χ1) is 8.67. The molecule has 1 rings (SSSR count). The number of hydrogen-bond donors (Lipinski definition) is 3. The molecule has 0 bridgehead atoms. The Kier molecular flexibility index (Phi) is 5.96. The van der Waals surface area contributed by atoms with Crippen LogP contribution in [0.15, 0.2) is 29.4 Å². The maximum atomic E-state index is 11.2. The van der Waals surface area contributed by atoms with Crippen molar-refractivity contribution in [3.05, 3.63) is 29.3 Å². The summed E-state index contributed by atoms with van der Waals surface area (Å²) in [6, 6.07) is 6.96. The lowest BCUT2D eigenvalue weighted by Gasteiger charge is -2.06. The van der Waals surface area contributed by atoms with Gasteiger partial charge in [0.15, 0.2) is 5.84 Å². The largest absolute Gasteiger partial charge is 0.466 e. The molecule has 0 atom stereocenters. The van der Waals surface area contributed by atoms with Gasteiger partial charge in [0.05, 0.1) is 17.3 Å². The van der Waals surface area contributed by atoms with Gasteiger partial charge in [-0.1, -0.05) is 23.7 Å². The van der Waals surface area contributed by atoms with Crippen LogP contribution in [-0.2, 0) is 9.53 Å². The molecular formula is C11H14ClN3O3. The number of esters is 1. The summed E-state index contributed by atoms with van der Waals surface area (Å²) in [6.45, 7) is 1.97. The molecule has 98 valence electrons. The van der Waals surface area contributed by atoms with Crippen LogP contribution in [0.1, 0.15) is 13.3 Å². The fourth-order valence-corrected chi connectivity index (χ4v) is 1.31. The lowest BCUT2D eigenvalue weighted by atomic mass is 10.3. The molecule has 3 N–H and O–H groups in total. The first kappa shape index (κ1) is 14.3. The van der Waals surface area contributed by atoms with Gasteiger partial charge in [0.1, 0.15) is 6.42 Å². The minimum atomic E-state index is -0.487. The normalized spacial score (nSPS) is 10.9. The van der Waals surface area contributed by atoms with E-state index < -0.39 is 5.97 Å². The van der Waals surface area contributed by atoms with E-state index in [-0.39, 0.29) is 18.9 Å². The number of hydroxylamine groups is 1. The monoisotopic (exact) mass is 271 g/mol. The molecule has 18 heavy (non-hydrogen) atoms. The molecule has 0 fully saturated rings. The Morgan fingerprint density at radius 2 is 2.22 bits per heavy atom. The van der Waals surface area contributed by atoms with E-state index in [2.05, 4.69) is 10.5 Å². The molecule has 0 heterocycles. The number of para-hydroxylation sites is 1. The van der Waals surface area contributed by atoms with Crippen LogP contribution in [-0.4, -0.2) is 23.6 Å². The highest BCUT2D eigenvalue weighted by Crippen LogP contribution is 2.20. The van der Waals surface area contributed by atoms with Crippen molar-refractivity contribution < 1.29 is 14.7 Å². The molecule has 0 aliphatic heterocycles. The topological polar surface area (TPSA) is 83.0 Å². The summed E-state index contributed by atoms with van der Waals surface area (Å²) in [5.74, 6) is -0.452. The third kappa shape index (κ3) is 4.60. The van der Waals surface area contributed by atoms with Crippen molar-refractivity contribution in [2.75, 3.05) is 12.0 Å². The van der Waals surface area contributed by atoms with E-state index >= 15 is 0 Å². The van der Waals surface area contributed by atoms with Crippen molar-refractivity contribution >= 4 is 29.1 Å². The van der Waals surface area contributed by atoms with E-state index in [1.54, 1.807) is 31.2 Å². The Balaban J connectivity index is 2.63. The number of carbonyl (C=O) groups excluding carboxylic acids is 1. The summed E-state index contributed by atoms with van der Waals surface area (Å²) in [6.07, 6.45) is -0.165. The minimum absolute atomic E-state index is 0.0355. The number of benzene rings is 1. The summed E-state index contributed by atoms with van der Waals surface area (Å²) in [5, 5.41) is 13.1. The number of halogens is 1. The number of rotatable bonds is 5. The van der Waals surface area contributed by atoms with Crippen molar-refractivity contribution in [3.8, 4) is 0 Å². The second-order valence-electron chi connectivity index (χ2n) is 3.24. The Labute approximate surface area is 110 Å². The van der Waals surface area contributed by atoms with Crippen molar-refractivity contribution in [3.63, 3.8) is 0 Å². The molecule has 0 unspecified atom stereocenters. The number of carbonyl (C=O) groups is 1. The zero-order valence-corrected chi connectivity index (χ0v) is 10.6. The van der Waals surface area contributed by atoms with Gasteiger partial charge in [-0.25, -0.2) is 0 Å². The summed E-state index contributed by atoms with van der Waals surface area (Å²) in [7, 11) is 0. The second kappa shape index (κ2) is 7.52. The first-order valence-electron chi connectivity index (χ1n) is 5.30. The van der Waals surface area contributed by atoms with Crippen LogP contribution >= 0.6 is 11.6 Å². The smallest absolute Gasteiger partial charge is 0.313 e. The zero-order chi connectivity index (χ0) is 13.4. The standard InChI is InChI=1S/C11H14ClN3O3/c1-2-18-11(16)7-10(15-17)14-13-9-6-4-3-5-8(9)12/h3-6,13,17H,2,7H2,1H3,(H,14,15). The van der Waals surface area contributed by atoms with Gasteiger partial charge in [-0.3, -0.25) is 20.9 Å². The SMILES string of the molecule is CCOC(=O)CC(=NNc1ccccc1Cl)NO. The summed E-state index contributed by atoms with van der Waals surface area (Å²) in [5.41, 5.74) is 5.03. The van der Waals surface area contributed by atoms with Gasteiger partial charge in [-0.2, -0.15) is 5.10 Å². The average molecular weight is 272 g/mol. The lowest BCUT2D eigenvalue weighted by molar-refractivity contribution is -0.141. The third-order valence-electron chi connectivity index (χ3n) is 1.93. The van der Waals surface area contributed by atoms with Crippen LogP contribution in [0.25, 0.3) is 0 Å². The maximum Gasteiger partial charge on any atom is 0.313 e. The number of hydrazone groups is 1. The summed E-state index contributed by atoms with van der Waals surface area (Å²) < 4.78 is 4.73. The third-order valence-corrected chi connectivity index (χ3v) is 2.26. The zero-order valence-electron chi connectivity index (χ0n) is 9.81. The van der Waals surface area contributed by atoms with Crippen LogP contribution < -0.4 is 10.9 Å². The first-order valence-corrected chi connectivity index (χ1v) is 5.68. The Bertz CT molecular complexity index is 437. The van der Waals surface area contributed by atoms with E-state index in [0.29, 0.717) is 10.7 Å². The number of anilines is 1. The maximum absolute atomic E-state index is 11.2. The number of ether oxygens (including phenoxy) is 1. The quantitative estimate of drug-likeness (QED) is 0.330. The highest BCUT2D eigenvalue weighted by Gasteiger charge is 2.07. The Hall–Kier alpha value is -1.79. The Morgan fingerprint density at radius 3 is 2.83 bits per heavy atom. The predicted molar refractivity (Wildman–Crippen MR) is 68.7 cm³/mol. The van der Waals surface area contributed by atoms with Crippen molar-refractivity contribution in [1.29, 1.82) is 0 Å². The molecule has 6 nitrogen and oxygen atoms in total. The fourth-order valence-electron chi connectivity index (χ4n) is 1.13. The number of nitrogens with zero attached hydrogens (tertiary/aromatic N) is 1. The molecule has 0 aliphatic carbocycles.